The van der Waals surface area contributed by atoms with Crippen LogP contribution in [0.3, 0.4) is 0 Å². The van der Waals surface area contributed by atoms with Crippen LogP contribution in [0.2, 0.25) is 0 Å². The summed E-state index contributed by atoms with van der Waals surface area (Å²) in [6.45, 7) is 14.8. The van der Waals surface area contributed by atoms with Gasteiger partial charge in [0.15, 0.2) is 0 Å². The first-order valence-corrected chi connectivity index (χ1v) is 6.46. The van der Waals surface area contributed by atoms with Crippen molar-refractivity contribution in [1.82, 2.24) is 0 Å². The second-order valence-corrected chi connectivity index (χ2v) is 4.32. The molecule has 0 atom stereocenters. The van der Waals surface area contributed by atoms with Gasteiger partial charge in [0, 0.05) is 0 Å². The first kappa shape index (κ1) is 18.2. The summed E-state index contributed by atoms with van der Waals surface area (Å²) >= 11 is 0. The molecule has 0 fully saturated rings. The molecule has 4 nitrogen and oxygen atoms in total. The summed E-state index contributed by atoms with van der Waals surface area (Å²) in [6, 6.07) is 0. The summed E-state index contributed by atoms with van der Waals surface area (Å²) in [5, 5.41) is 15.5. The van der Waals surface area contributed by atoms with E-state index in [1.165, 1.54) is 56.3 Å². The van der Waals surface area contributed by atoms with Crippen LogP contribution in [-0.2, 0) is 5.04 Å². The Morgan fingerprint density at radius 2 is 0.875 bits per heavy atom. The highest BCUT2D eigenvalue weighted by Crippen LogP contribution is 2.12. The summed E-state index contributed by atoms with van der Waals surface area (Å²) in [5.74, 6) is 0. The van der Waals surface area contributed by atoms with Gasteiger partial charge in [-0.05, 0) is 25.7 Å². The van der Waals surface area contributed by atoms with Crippen molar-refractivity contribution >= 4 is 0 Å². The van der Waals surface area contributed by atoms with Crippen molar-refractivity contribution in [3.05, 3.63) is 0 Å². The fourth-order valence-electron chi connectivity index (χ4n) is 2.57. The van der Waals surface area contributed by atoms with Gasteiger partial charge in [0.25, 0.3) is 0 Å². The van der Waals surface area contributed by atoms with Crippen LogP contribution in [0.4, 0.5) is 0 Å². The summed E-state index contributed by atoms with van der Waals surface area (Å²) in [5.41, 5.74) is 0. The molecule has 0 aliphatic rings. The van der Waals surface area contributed by atoms with Crippen molar-refractivity contribution in [3.8, 4) is 0 Å². The summed E-state index contributed by atoms with van der Waals surface area (Å²) in [7, 11) is 0. The molecule has 0 rings (SSSR count). The lowest BCUT2D eigenvalue weighted by molar-refractivity contribution is -0.928. The van der Waals surface area contributed by atoms with E-state index in [1.54, 1.807) is 0 Å². The zero-order chi connectivity index (χ0) is 12.9. The minimum atomic E-state index is 1.33. The second kappa shape index (κ2) is 12.9. The van der Waals surface area contributed by atoms with Crippen molar-refractivity contribution in [2.24, 2.45) is 0 Å². The molecule has 0 radical (unpaired) electrons. The summed E-state index contributed by atoms with van der Waals surface area (Å²) in [6.07, 6.45) is 5.33. The Kier molecular flexibility index (Phi) is 14.7. The standard InChI is InChI=1S/C12H28N.H2O3/c1-5-9-13(10-6-2,11-7-3)12-8-4;1-3-2/h5-12H2,1-4H3;1-2H/q+1;. The van der Waals surface area contributed by atoms with Gasteiger partial charge < -0.3 is 4.48 Å². The molecule has 2 N–H and O–H groups in total. The van der Waals surface area contributed by atoms with Gasteiger partial charge in [-0.2, -0.15) is 0 Å². The lowest BCUT2D eigenvalue weighted by Crippen LogP contribution is -2.50. The third-order valence-electron chi connectivity index (χ3n) is 2.79. The zero-order valence-electron chi connectivity index (χ0n) is 11.4. The quantitative estimate of drug-likeness (QED) is 0.386. The molecule has 0 unspecified atom stereocenters. The topological polar surface area (TPSA) is 49.7 Å². The van der Waals surface area contributed by atoms with E-state index >= 15 is 0 Å². The summed E-state index contributed by atoms with van der Waals surface area (Å²) in [4.78, 5) is 0. The lowest BCUT2D eigenvalue weighted by Gasteiger charge is -2.38. The smallest absolute Gasteiger partial charge is 0.0783 e. The highest BCUT2D eigenvalue weighted by Gasteiger charge is 2.22. The Bertz CT molecular complexity index is 102. The molecular weight excluding hydrogens is 206 g/mol. The van der Waals surface area contributed by atoms with Gasteiger partial charge in [-0.15, -0.1) is 0 Å². The molecular formula is C12H30NO3+. The minimum absolute atomic E-state index is 1.33. The average Bonchev–Trinajstić information content (AvgIpc) is 2.20. The van der Waals surface area contributed by atoms with Crippen LogP contribution in [0.5, 0.6) is 0 Å². The van der Waals surface area contributed by atoms with E-state index in [0.717, 1.165) is 0 Å². The van der Waals surface area contributed by atoms with Crippen molar-refractivity contribution in [3.63, 3.8) is 0 Å². The van der Waals surface area contributed by atoms with Crippen LogP contribution in [0.25, 0.3) is 0 Å². The number of hydrogen-bond donors (Lipinski definition) is 2. The van der Waals surface area contributed by atoms with Gasteiger partial charge in [0.1, 0.15) is 0 Å². The highest BCUT2D eigenvalue weighted by molar-refractivity contribution is 4.43. The maximum Gasteiger partial charge on any atom is 0.0783 e. The van der Waals surface area contributed by atoms with E-state index in [-0.39, 0.29) is 0 Å². The van der Waals surface area contributed by atoms with Gasteiger partial charge in [0.2, 0.25) is 0 Å². The largest absolute Gasteiger partial charge is 0.324 e. The van der Waals surface area contributed by atoms with Crippen LogP contribution in [-0.4, -0.2) is 41.2 Å². The molecule has 100 valence electrons. The molecule has 0 aliphatic heterocycles. The maximum absolute atomic E-state index is 6.62. The first-order chi connectivity index (χ1) is 7.66. The molecule has 0 aromatic rings. The fraction of sp³-hybridized carbons (Fsp3) is 1.00. The van der Waals surface area contributed by atoms with E-state index in [9.17, 15) is 0 Å². The number of nitrogens with zero attached hydrogens (tertiary/aromatic N) is 1. The minimum Gasteiger partial charge on any atom is -0.324 e. The molecule has 0 spiro atoms. The van der Waals surface area contributed by atoms with Crippen molar-refractivity contribution in [1.29, 1.82) is 0 Å². The number of quaternary nitrogens is 1. The van der Waals surface area contributed by atoms with E-state index in [2.05, 4.69) is 32.7 Å². The third-order valence-corrected chi connectivity index (χ3v) is 2.79. The fourth-order valence-corrected chi connectivity index (χ4v) is 2.57. The van der Waals surface area contributed by atoms with Gasteiger partial charge in [-0.3, -0.25) is 0 Å². The highest BCUT2D eigenvalue weighted by atomic mass is 17.4. The second-order valence-electron chi connectivity index (χ2n) is 4.32. The van der Waals surface area contributed by atoms with Crippen LogP contribution in [0, 0.1) is 0 Å². The van der Waals surface area contributed by atoms with Crippen LogP contribution >= 0.6 is 0 Å². The normalized spacial score (nSPS) is 10.9. The van der Waals surface area contributed by atoms with Gasteiger partial charge >= 0.3 is 0 Å². The predicted octanol–water partition coefficient (Wildman–Crippen LogP) is 3.39. The SMILES string of the molecule is CCC[N+](CCC)(CCC)CCC.OOO. The van der Waals surface area contributed by atoms with Crippen molar-refractivity contribution in [2.75, 3.05) is 26.2 Å². The van der Waals surface area contributed by atoms with Gasteiger partial charge in [-0.1, -0.05) is 32.7 Å². The van der Waals surface area contributed by atoms with Crippen LogP contribution < -0.4 is 0 Å². The maximum atomic E-state index is 6.62. The van der Waals surface area contributed by atoms with E-state index in [0.29, 0.717) is 0 Å². The summed E-state index contributed by atoms with van der Waals surface area (Å²) < 4.78 is 1.38. The molecule has 0 amide bonds. The number of rotatable bonds is 8. The molecule has 0 heterocycles. The monoisotopic (exact) mass is 236 g/mol. The Hall–Kier alpha value is -0.160. The predicted molar refractivity (Wildman–Crippen MR) is 67.2 cm³/mol. The lowest BCUT2D eigenvalue weighted by atomic mass is 10.2. The Morgan fingerprint density at radius 1 is 0.688 bits per heavy atom. The van der Waals surface area contributed by atoms with Crippen molar-refractivity contribution < 1.29 is 20.0 Å². The zero-order valence-corrected chi connectivity index (χ0v) is 11.4. The Labute approximate surface area is 100 Å². The number of hydrogen-bond acceptors (Lipinski definition) is 3. The molecule has 0 saturated heterocycles. The first-order valence-electron chi connectivity index (χ1n) is 6.46. The van der Waals surface area contributed by atoms with E-state index in [4.69, 9.17) is 10.5 Å². The van der Waals surface area contributed by atoms with Crippen molar-refractivity contribution in [2.45, 2.75) is 53.4 Å². The van der Waals surface area contributed by atoms with E-state index < -0.39 is 0 Å². The van der Waals surface area contributed by atoms with Gasteiger partial charge in [0.05, 0.1) is 26.2 Å². The average molecular weight is 236 g/mol. The molecule has 16 heavy (non-hydrogen) atoms. The molecule has 0 saturated carbocycles. The van der Waals surface area contributed by atoms with Gasteiger partial charge in [-0.25, -0.2) is 10.5 Å². The van der Waals surface area contributed by atoms with E-state index in [1.807, 2.05) is 0 Å². The third kappa shape index (κ3) is 9.09. The van der Waals surface area contributed by atoms with Crippen LogP contribution in [0.15, 0.2) is 0 Å². The Morgan fingerprint density at radius 3 is 1.00 bits per heavy atom. The molecule has 0 aromatic carbocycles. The molecule has 0 bridgehead atoms. The molecule has 0 aromatic heterocycles. The Balaban J connectivity index is 0. The van der Waals surface area contributed by atoms with Crippen LogP contribution in [0.1, 0.15) is 53.4 Å². The molecule has 4 heteroatoms. The molecule has 0 aliphatic carbocycles.